The normalized spacial score (nSPS) is 12.3. The lowest BCUT2D eigenvalue weighted by atomic mass is 10.0. The van der Waals surface area contributed by atoms with Gasteiger partial charge in [0.2, 0.25) is 5.76 Å². The molecule has 1 aliphatic rings. The van der Waals surface area contributed by atoms with Gasteiger partial charge >= 0.3 is 5.97 Å². The molecule has 0 fully saturated rings. The summed E-state index contributed by atoms with van der Waals surface area (Å²) in [5, 5.41) is 12.3. The zero-order chi connectivity index (χ0) is 30.7. The average Bonchev–Trinajstić information content (AvgIpc) is 3.00. The molecule has 0 bridgehead atoms. The zero-order valence-corrected chi connectivity index (χ0v) is 23.8. The molecule has 11 heteroatoms. The highest BCUT2D eigenvalue weighted by Gasteiger charge is 2.33. The number of esters is 1. The minimum atomic E-state index is -0.998. The monoisotopic (exact) mass is 587 g/mol. The number of benzene rings is 2. The molecule has 1 amide bonds. The highest BCUT2D eigenvalue weighted by molar-refractivity contribution is 6.03. The number of pyridine rings is 2. The van der Waals surface area contributed by atoms with Crippen molar-refractivity contribution in [1.29, 1.82) is 0 Å². The van der Waals surface area contributed by atoms with E-state index < -0.39 is 28.8 Å². The van der Waals surface area contributed by atoms with Crippen molar-refractivity contribution in [2.75, 3.05) is 13.2 Å². The van der Waals surface area contributed by atoms with Gasteiger partial charge in [0.25, 0.3) is 11.5 Å². The Balaban J connectivity index is 1.73. The first-order valence-electron chi connectivity index (χ1n) is 13.6. The third-order valence-electron chi connectivity index (χ3n) is 6.74. The van der Waals surface area contributed by atoms with Crippen molar-refractivity contribution in [1.82, 2.24) is 14.9 Å². The summed E-state index contributed by atoms with van der Waals surface area (Å²) in [4.78, 5) is 45.0. The van der Waals surface area contributed by atoms with Gasteiger partial charge in [-0.25, -0.2) is 9.18 Å². The standard InChI is InChI=1S/C32H30FN3O7/c1-4-41-31(40)24-28(42-17-20-8-6-5-7-9-20)25-26-27(21(15-34-25)14-19-10-12-22(33)13-11-19)43-23(16-36(26)30(24)39)29(38)35-32(2,3)18-37/h5-13,15-16,37H,4,14,17-18H2,1-3H3,(H,35,38). The molecular formula is C32H30FN3O7. The van der Waals surface area contributed by atoms with Gasteiger partial charge in [0.1, 0.15) is 23.5 Å². The van der Waals surface area contributed by atoms with Gasteiger partial charge in [-0.1, -0.05) is 42.5 Å². The van der Waals surface area contributed by atoms with Gasteiger partial charge in [-0.2, -0.15) is 0 Å². The van der Waals surface area contributed by atoms with Crippen LogP contribution in [-0.2, 0) is 22.6 Å². The molecule has 222 valence electrons. The van der Waals surface area contributed by atoms with Crippen LogP contribution in [0.1, 0.15) is 47.8 Å². The summed E-state index contributed by atoms with van der Waals surface area (Å²) in [7, 11) is 0. The number of ether oxygens (including phenoxy) is 3. The fraction of sp³-hybridized carbons (Fsp3) is 0.250. The van der Waals surface area contributed by atoms with E-state index in [0.29, 0.717) is 5.56 Å². The Hall–Kier alpha value is -5.03. The molecule has 2 aromatic carbocycles. The number of hydrogen-bond donors (Lipinski definition) is 2. The molecule has 0 atom stereocenters. The number of hydrogen-bond acceptors (Lipinski definition) is 8. The Morgan fingerprint density at radius 1 is 1.09 bits per heavy atom. The van der Waals surface area contributed by atoms with Crippen molar-refractivity contribution < 1.29 is 33.3 Å². The Morgan fingerprint density at radius 2 is 1.81 bits per heavy atom. The Morgan fingerprint density at radius 3 is 2.49 bits per heavy atom. The molecule has 4 aromatic rings. The molecular weight excluding hydrogens is 557 g/mol. The lowest BCUT2D eigenvalue weighted by molar-refractivity contribution is -0.121. The second-order valence-corrected chi connectivity index (χ2v) is 10.6. The summed E-state index contributed by atoms with van der Waals surface area (Å²) in [6, 6.07) is 15.0. The number of carbonyl (C=O) groups excluding carboxylic acids is 2. The molecule has 1 aliphatic heterocycles. The van der Waals surface area contributed by atoms with Crippen LogP contribution in [0.5, 0.6) is 11.5 Å². The molecule has 43 heavy (non-hydrogen) atoms. The Labute approximate surface area is 246 Å². The lowest BCUT2D eigenvalue weighted by Gasteiger charge is -2.27. The van der Waals surface area contributed by atoms with E-state index in [9.17, 15) is 23.9 Å². The predicted molar refractivity (Wildman–Crippen MR) is 156 cm³/mol. The molecule has 5 rings (SSSR count). The second-order valence-electron chi connectivity index (χ2n) is 10.6. The number of aliphatic hydroxyl groups is 1. The van der Waals surface area contributed by atoms with E-state index in [-0.39, 0.29) is 60.1 Å². The van der Waals surface area contributed by atoms with Crippen LogP contribution in [0.2, 0.25) is 0 Å². The van der Waals surface area contributed by atoms with Crippen molar-refractivity contribution in [2.45, 2.75) is 39.3 Å². The maximum Gasteiger partial charge on any atom is 0.347 e. The van der Waals surface area contributed by atoms with Gasteiger partial charge in [-0.3, -0.25) is 19.1 Å². The quantitative estimate of drug-likeness (QED) is 0.267. The fourth-order valence-electron chi connectivity index (χ4n) is 4.55. The van der Waals surface area contributed by atoms with Gasteiger partial charge in [0.15, 0.2) is 17.1 Å². The van der Waals surface area contributed by atoms with Gasteiger partial charge in [0, 0.05) is 18.2 Å². The van der Waals surface area contributed by atoms with Crippen LogP contribution in [0, 0.1) is 5.82 Å². The second kappa shape index (κ2) is 12.1. The zero-order valence-electron chi connectivity index (χ0n) is 23.8. The first-order chi connectivity index (χ1) is 20.6. The summed E-state index contributed by atoms with van der Waals surface area (Å²) >= 11 is 0. The molecule has 3 heterocycles. The number of nitrogens with zero attached hydrogens (tertiary/aromatic N) is 2. The number of rotatable bonds is 10. The number of amides is 1. The van der Waals surface area contributed by atoms with E-state index >= 15 is 0 Å². The predicted octanol–water partition coefficient (Wildman–Crippen LogP) is 3.96. The SMILES string of the molecule is CCOC(=O)c1c(OCc2ccccc2)c2ncc(Cc3ccc(F)cc3)c3c2n(c1=O)C=C(C(=O)NC(C)(C)CO)O3. The summed E-state index contributed by atoms with van der Waals surface area (Å²) in [5.41, 5.74) is 0.141. The molecule has 0 radical (unpaired) electrons. The van der Waals surface area contributed by atoms with Crippen LogP contribution in [0.4, 0.5) is 4.39 Å². The first kappa shape index (κ1) is 29.5. The molecule has 0 saturated carbocycles. The van der Waals surface area contributed by atoms with E-state index in [1.807, 2.05) is 30.3 Å². The fourth-order valence-corrected chi connectivity index (χ4v) is 4.55. The molecule has 2 aromatic heterocycles. The van der Waals surface area contributed by atoms with Gasteiger partial charge in [-0.15, -0.1) is 0 Å². The number of carbonyl (C=O) groups is 2. The molecule has 0 spiro atoms. The van der Waals surface area contributed by atoms with Crippen LogP contribution in [0.3, 0.4) is 0 Å². The molecule has 10 nitrogen and oxygen atoms in total. The summed E-state index contributed by atoms with van der Waals surface area (Å²) in [6.45, 7) is 4.53. The van der Waals surface area contributed by atoms with E-state index in [0.717, 1.165) is 15.7 Å². The Bertz CT molecular complexity index is 1780. The van der Waals surface area contributed by atoms with E-state index in [4.69, 9.17) is 14.2 Å². The minimum absolute atomic E-state index is 0.00652. The maximum absolute atomic E-state index is 14.0. The van der Waals surface area contributed by atoms with Gasteiger partial charge in [-0.05, 0) is 44.0 Å². The van der Waals surface area contributed by atoms with Crippen molar-refractivity contribution in [2.24, 2.45) is 0 Å². The van der Waals surface area contributed by atoms with E-state index in [1.165, 1.54) is 24.5 Å². The van der Waals surface area contributed by atoms with Gasteiger partial charge in [0.05, 0.1) is 25.0 Å². The van der Waals surface area contributed by atoms with Crippen LogP contribution in [0.25, 0.3) is 17.2 Å². The average molecular weight is 588 g/mol. The third-order valence-corrected chi connectivity index (χ3v) is 6.74. The topological polar surface area (TPSA) is 129 Å². The number of aromatic nitrogens is 2. The van der Waals surface area contributed by atoms with Crippen molar-refractivity contribution in [3.63, 3.8) is 0 Å². The first-order valence-corrected chi connectivity index (χ1v) is 13.6. The molecule has 2 N–H and O–H groups in total. The lowest BCUT2D eigenvalue weighted by Crippen LogP contribution is -2.47. The van der Waals surface area contributed by atoms with Crippen LogP contribution in [-0.4, -0.2) is 45.3 Å². The number of aliphatic hydroxyl groups excluding tert-OH is 1. The van der Waals surface area contributed by atoms with E-state index in [2.05, 4.69) is 10.3 Å². The number of halogens is 1. The van der Waals surface area contributed by atoms with Crippen LogP contribution in [0.15, 0.2) is 71.3 Å². The van der Waals surface area contributed by atoms with Crippen molar-refractivity contribution in [3.8, 4) is 11.5 Å². The highest BCUT2D eigenvalue weighted by atomic mass is 19.1. The summed E-state index contributed by atoms with van der Waals surface area (Å²) in [5.74, 6) is -2.20. The Kier molecular flexibility index (Phi) is 8.27. The number of nitrogens with one attached hydrogen (secondary N) is 1. The van der Waals surface area contributed by atoms with Crippen molar-refractivity contribution >= 4 is 29.1 Å². The highest BCUT2D eigenvalue weighted by Crippen LogP contribution is 2.39. The maximum atomic E-state index is 14.0. The van der Waals surface area contributed by atoms with E-state index in [1.54, 1.807) is 32.9 Å². The third kappa shape index (κ3) is 6.12. The molecule has 0 unspecified atom stereocenters. The smallest absolute Gasteiger partial charge is 0.347 e. The van der Waals surface area contributed by atoms with Crippen LogP contribution >= 0.6 is 0 Å². The minimum Gasteiger partial charge on any atom is -0.485 e. The molecule has 0 aliphatic carbocycles. The summed E-state index contributed by atoms with van der Waals surface area (Å²) in [6.07, 6.45) is 2.90. The summed E-state index contributed by atoms with van der Waals surface area (Å²) < 4.78 is 32.1. The van der Waals surface area contributed by atoms with Crippen molar-refractivity contribution in [3.05, 3.63) is 105 Å². The van der Waals surface area contributed by atoms with Crippen LogP contribution < -0.4 is 20.3 Å². The van der Waals surface area contributed by atoms with Gasteiger partial charge < -0.3 is 24.6 Å². The largest absolute Gasteiger partial charge is 0.485 e. The molecule has 0 saturated heterocycles.